The Morgan fingerprint density at radius 3 is 2.44 bits per heavy atom. The molecule has 0 aliphatic rings. The lowest BCUT2D eigenvalue weighted by Gasteiger charge is -2.10. The Morgan fingerprint density at radius 1 is 1.44 bits per heavy atom. The van der Waals surface area contributed by atoms with Crippen LogP contribution in [0.5, 0.6) is 0 Å². The van der Waals surface area contributed by atoms with E-state index in [1.165, 1.54) is 0 Å². The van der Waals surface area contributed by atoms with Crippen molar-refractivity contribution < 1.29 is 9.90 Å². The molecule has 0 fully saturated rings. The zero-order chi connectivity index (χ0) is 12.1. The van der Waals surface area contributed by atoms with Gasteiger partial charge in [-0.2, -0.15) is 0 Å². The predicted octanol–water partition coefficient (Wildman–Crippen LogP) is 3.85. The first-order valence-electron chi connectivity index (χ1n) is 5.18. The lowest BCUT2D eigenvalue weighted by molar-refractivity contribution is -0.140. The van der Waals surface area contributed by atoms with Gasteiger partial charge in [0.2, 0.25) is 0 Å². The van der Waals surface area contributed by atoms with Crippen molar-refractivity contribution in [3.05, 3.63) is 40.9 Å². The third kappa shape index (κ3) is 3.38. The van der Waals surface area contributed by atoms with Gasteiger partial charge < -0.3 is 5.11 Å². The smallest absolute Gasteiger partial charge is 0.306 e. The molecule has 1 aromatic rings. The van der Waals surface area contributed by atoms with Crippen molar-refractivity contribution in [1.29, 1.82) is 0 Å². The van der Waals surface area contributed by atoms with E-state index < -0.39 is 5.97 Å². The number of carbonyl (C=O) groups is 1. The van der Waals surface area contributed by atoms with Gasteiger partial charge in [0.05, 0.1) is 5.92 Å². The number of benzene rings is 1. The van der Waals surface area contributed by atoms with Crippen LogP contribution in [0.25, 0.3) is 5.57 Å². The Hall–Kier alpha value is -1.28. The van der Waals surface area contributed by atoms with Crippen LogP contribution in [-0.2, 0) is 4.79 Å². The molecule has 86 valence electrons. The summed E-state index contributed by atoms with van der Waals surface area (Å²) in [5, 5.41) is 9.55. The van der Waals surface area contributed by atoms with Crippen molar-refractivity contribution in [3.63, 3.8) is 0 Å². The summed E-state index contributed by atoms with van der Waals surface area (Å²) in [7, 11) is 0. The van der Waals surface area contributed by atoms with Gasteiger partial charge in [-0.05, 0) is 36.6 Å². The maximum Gasteiger partial charge on any atom is 0.306 e. The minimum absolute atomic E-state index is 0.373. The Labute approximate surface area is 101 Å². The molecule has 0 aromatic heterocycles. The molecule has 0 aliphatic heterocycles. The number of carboxylic acids is 1. The summed E-state index contributed by atoms with van der Waals surface area (Å²) in [6, 6.07) is 7.44. The van der Waals surface area contributed by atoms with Crippen LogP contribution < -0.4 is 0 Å². The average molecular weight is 239 g/mol. The molecule has 0 saturated heterocycles. The first kappa shape index (κ1) is 12.8. The van der Waals surface area contributed by atoms with E-state index in [9.17, 15) is 4.79 Å². The summed E-state index contributed by atoms with van der Waals surface area (Å²) < 4.78 is 0. The quantitative estimate of drug-likeness (QED) is 0.865. The molecule has 0 amide bonds. The van der Waals surface area contributed by atoms with Gasteiger partial charge >= 0.3 is 5.97 Å². The van der Waals surface area contributed by atoms with Crippen LogP contribution in [0.15, 0.2) is 30.3 Å². The highest BCUT2D eigenvalue weighted by Crippen LogP contribution is 2.24. The molecule has 0 aliphatic carbocycles. The normalized spacial score (nSPS) is 13.6. The Bertz CT molecular complexity index is 393. The molecule has 1 atom stereocenters. The number of hydrogen-bond donors (Lipinski definition) is 1. The second-order valence-corrected chi connectivity index (χ2v) is 4.20. The molecule has 1 N–H and O–H groups in total. The molecule has 0 saturated carbocycles. The highest BCUT2D eigenvalue weighted by atomic mass is 35.5. The second kappa shape index (κ2) is 5.71. The first-order chi connectivity index (χ1) is 7.54. The average Bonchev–Trinajstić information content (AvgIpc) is 2.26. The topological polar surface area (TPSA) is 37.3 Å². The summed E-state index contributed by atoms with van der Waals surface area (Å²) in [4.78, 5) is 10.8. The molecule has 0 radical (unpaired) electrons. The fourth-order valence-electron chi connectivity index (χ4n) is 1.48. The Kier molecular flexibility index (Phi) is 4.56. The van der Waals surface area contributed by atoms with E-state index in [0.29, 0.717) is 11.4 Å². The van der Waals surface area contributed by atoms with Gasteiger partial charge in [-0.15, -0.1) is 0 Å². The monoisotopic (exact) mass is 238 g/mol. The fourth-order valence-corrected chi connectivity index (χ4v) is 1.61. The van der Waals surface area contributed by atoms with Crippen LogP contribution in [0.4, 0.5) is 0 Å². The largest absolute Gasteiger partial charge is 0.481 e. The van der Waals surface area contributed by atoms with E-state index >= 15 is 0 Å². The Balaban J connectivity index is 2.84. The maximum atomic E-state index is 10.8. The van der Waals surface area contributed by atoms with Gasteiger partial charge in [0, 0.05) is 5.02 Å². The molecule has 0 bridgehead atoms. The number of aliphatic carboxylic acids is 1. The minimum Gasteiger partial charge on any atom is -0.481 e. The van der Waals surface area contributed by atoms with E-state index in [-0.39, 0.29) is 5.92 Å². The third-order valence-corrected chi connectivity index (χ3v) is 2.76. The molecule has 0 heterocycles. The molecule has 0 spiro atoms. The number of hydrogen-bond acceptors (Lipinski definition) is 1. The molecular formula is C13H15ClO2. The summed E-state index contributed by atoms with van der Waals surface area (Å²) >= 11 is 5.80. The van der Waals surface area contributed by atoms with Gasteiger partial charge in [0.15, 0.2) is 0 Å². The lowest BCUT2D eigenvalue weighted by atomic mass is 9.95. The predicted molar refractivity (Wildman–Crippen MR) is 66.5 cm³/mol. The third-order valence-electron chi connectivity index (χ3n) is 2.51. The van der Waals surface area contributed by atoms with Gasteiger partial charge in [0.1, 0.15) is 0 Å². The van der Waals surface area contributed by atoms with Gasteiger partial charge in [-0.1, -0.05) is 36.7 Å². The Morgan fingerprint density at radius 2 is 2.00 bits per heavy atom. The highest BCUT2D eigenvalue weighted by molar-refractivity contribution is 6.30. The molecule has 1 aromatic carbocycles. The van der Waals surface area contributed by atoms with Crippen LogP contribution in [0.3, 0.4) is 0 Å². The zero-order valence-corrected chi connectivity index (χ0v) is 10.2. The maximum absolute atomic E-state index is 10.8. The van der Waals surface area contributed by atoms with Gasteiger partial charge in [0.25, 0.3) is 0 Å². The summed E-state index contributed by atoms with van der Waals surface area (Å²) in [5.41, 5.74) is 2.06. The van der Waals surface area contributed by atoms with E-state index in [2.05, 4.69) is 0 Å². The summed E-state index contributed by atoms with van der Waals surface area (Å²) in [6.07, 6.45) is 2.48. The number of allylic oxidation sites excluding steroid dienone is 2. The molecular weight excluding hydrogens is 224 g/mol. The van der Waals surface area contributed by atoms with Crippen molar-refractivity contribution in [2.75, 3.05) is 0 Å². The van der Waals surface area contributed by atoms with E-state index in [1.54, 1.807) is 6.92 Å². The first-order valence-corrected chi connectivity index (χ1v) is 5.56. The molecule has 16 heavy (non-hydrogen) atoms. The summed E-state index contributed by atoms with van der Waals surface area (Å²) in [5.74, 6) is -1.14. The van der Waals surface area contributed by atoms with Crippen LogP contribution in [-0.4, -0.2) is 11.1 Å². The van der Waals surface area contributed by atoms with Crippen molar-refractivity contribution in [2.45, 2.75) is 20.3 Å². The number of rotatable bonds is 4. The molecule has 3 heteroatoms. The zero-order valence-electron chi connectivity index (χ0n) is 9.40. The van der Waals surface area contributed by atoms with Crippen molar-refractivity contribution in [3.8, 4) is 0 Å². The van der Waals surface area contributed by atoms with E-state index in [0.717, 1.165) is 11.1 Å². The van der Waals surface area contributed by atoms with Crippen molar-refractivity contribution >= 4 is 23.1 Å². The number of halogens is 1. The minimum atomic E-state index is -0.770. The molecule has 1 rings (SSSR count). The van der Waals surface area contributed by atoms with Crippen LogP contribution >= 0.6 is 11.6 Å². The standard InChI is InChI=1S/C13H15ClO2/c1-3-10(8-9(2)13(15)16)11-4-6-12(14)7-5-11/h3-7,9H,8H2,1-2H3,(H,15,16). The van der Waals surface area contributed by atoms with E-state index in [1.807, 2.05) is 37.3 Å². The second-order valence-electron chi connectivity index (χ2n) is 3.76. The summed E-state index contributed by atoms with van der Waals surface area (Å²) in [6.45, 7) is 3.63. The van der Waals surface area contributed by atoms with Gasteiger partial charge in [-0.3, -0.25) is 4.79 Å². The lowest BCUT2D eigenvalue weighted by Crippen LogP contribution is -2.09. The van der Waals surface area contributed by atoms with Crippen LogP contribution in [0.2, 0.25) is 5.02 Å². The van der Waals surface area contributed by atoms with E-state index in [4.69, 9.17) is 16.7 Å². The highest BCUT2D eigenvalue weighted by Gasteiger charge is 2.13. The van der Waals surface area contributed by atoms with Crippen molar-refractivity contribution in [2.24, 2.45) is 5.92 Å². The molecule has 1 unspecified atom stereocenters. The van der Waals surface area contributed by atoms with Crippen molar-refractivity contribution in [1.82, 2.24) is 0 Å². The van der Waals surface area contributed by atoms with Crippen LogP contribution in [0, 0.1) is 5.92 Å². The fraction of sp³-hybridized carbons (Fsp3) is 0.308. The van der Waals surface area contributed by atoms with Gasteiger partial charge in [-0.25, -0.2) is 0 Å². The SMILES string of the molecule is CC=C(CC(C)C(=O)O)c1ccc(Cl)cc1. The number of carboxylic acid groups (broad SMARTS) is 1. The van der Waals surface area contributed by atoms with Crippen LogP contribution in [0.1, 0.15) is 25.8 Å². The molecule has 2 nitrogen and oxygen atoms in total.